The van der Waals surface area contributed by atoms with Crippen molar-refractivity contribution < 1.29 is 4.79 Å². The minimum Gasteiger partial charge on any atom is -0.341 e. The Kier molecular flexibility index (Phi) is 3.22. The van der Waals surface area contributed by atoms with Crippen LogP contribution in [0.2, 0.25) is 0 Å². The first kappa shape index (κ1) is 12.5. The Labute approximate surface area is 113 Å². The first-order chi connectivity index (χ1) is 9.25. The molecule has 2 saturated heterocycles. The van der Waals surface area contributed by atoms with Crippen LogP contribution in [-0.4, -0.2) is 52.4 Å². The third kappa shape index (κ3) is 1.92. The maximum absolute atomic E-state index is 13.0. The highest BCUT2D eigenvalue weighted by atomic mass is 16.2. The molecule has 5 heteroatoms. The number of aromatic nitrogens is 2. The summed E-state index contributed by atoms with van der Waals surface area (Å²) in [5.41, 5.74) is 0.213. The van der Waals surface area contributed by atoms with E-state index in [1.54, 1.807) is 18.6 Å². The number of likely N-dealkylation sites (N-methyl/N-ethyl adjacent to an activating group) is 1. The molecule has 3 heterocycles. The van der Waals surface area contributed by atoms with E-state index in [0.29, 0.717) is 0 Å². The summed E-state index contributed by atoms with van der Waals surface area (Å²) < 4.78 is 0. The standard InChI is InChI=1S/C14H20N4O/c1-17-8-4-5-14(17,12-11-15-6-7-16-12)13(19)18-9-2-3-10-18/h6-7,11H,2-5,8-10H2,1H3. The van der Waals surface area contributed by atoms with E-state index in [4.69, 9.17) is 0 Å². The molecule has 0 aromatic carbocycles. The fraction of sp³-hybridized carbons (Fsp3) is 0.643. The normalized spacial score (nSPS) is 27.9. The lowest BCUT2D eigenvalue weighted by Gasteiger charge is -2.37. The van der Waals surface area contributed by atoms with Gasteiger partial charge >= 0.3 is 0 Å². The summed E-state index contributed by atoms with van der Waals surface area (Å²) in [6.45, 7) is 2.71. The molecule has 0 spiro atoms. The van der Waals surface area contributed by atoms with Crippen LogP contribution in [0.4, 0.5) is 0 Å². The van der Waals surface area contributed by atoms with Gasteiger partial charge in [-0.15, -0.1) is 0 Å². The van der Waals surface area contributed by atoms with Crippen molar-refractivity contribution in [3.63, 3.8) is 0 Å². The van der Waals surface area contributed by atoms with Crippen LogP contribution in [0.5, 0.6) is 0 Å². The van der Waals surface area contributed by atoms with Crippen LogP contribution in [0.1, 0.15) is 31.4 Å². The summed E-state index contributed by atoms with van der Waals surface area (Å²) in [6, 6.07) is 0. The van der Waals surface area contributed by atoms with E-state index in [-0.39, 0.29) is 5.91 Å². The van der Waals surface area contributed by atoms with Crippen LogP contribution >= 0.6 is 0 Å². The second kappa shape index (κ2) is 4.89. The average Bonchev–Trinajstić information content (AvgIpc) is 3.09. The molecule has 2 aliphatic heterocycles. The maximum atomic E-state index is 13.0. The summed E-state index contributed by atoms with van der Waals surface area (Å²) in [6.07, 6.45) is 9.20. The van der Waals surface area contributed by atoms with Crippen molar-refractivity contribution in [3.8, 4) is 0 Å². The Morgan fingerprint density at radius 3 is 2.58 bits per heavy atom. The molecule has 5 nitrogen and oxygen atoms in total. The predicted octanol–water partition coefficient (Wildman–Crippen LogP) is 1.02. The van der Waals surface area contributed by atoms with E-state index >= 15 is 0 Å². The van der Waals surface area contributed by atoms with Gasteiger partial charge in [0.2, 0.25) is 5.91 Å². The van der Waals surface area contributed by atoms with Gasteiger partial charge in [0.05, 0.1) is 11.9 Å². The van der Waals surface area contributed by atoms with Gasteiger partial charge in [0.25, 0.3) is 0 Å². The maximum Gasteiger partial charge on any atom is 0.249 e. The quantitative estimate of drug-likeness (QED) is 0.796. The zero-order valence-electron chi connectivity index (χ0n) is 11.4. The summed E-state index contributed by atoms with van der Waals surface area (Å²) in [5.74, 6) is 0.213. The SMILES string of the molecule is CN1CCCC1(C(=O)N1CCCC1)c1cnccn1. The number of carbonyl (C=O) groups is 1. The molecule has 1 amide bonds. The molecule has 1 atom stereocenters. The third-order valence-electron chi connectivity index (χ3n) is 4.42. The average molecular weight is 260 g/mol. The second-order valence-corrected chi connectivity index (χ2v) is 5.48. The highest BCUT2D eigenvalue weighted by Crippen LogP contribution is 2.38. The smallest absolute Gasteiger partial charge is 0.249 e. The van der Waals surface area contributed by atoms with Gasteiger partial charge in [-0.1, -0.05) is 0 Å². The third-order valence-corrected chi connectivity index (χ3v) is 4.42. The van der Waals surface area contributed by atoms with Crippen LogP contribution in [0.25, 0.3) is 0 Å². The van der Waals surface area contributed by atoms with Crippen molar-refractivity contribution in [1.29, 1.82) is 0 Å². The van der Waals surface area contributed by atoms with E-state index < -0.39 is 5.54 Å². The lowest BCUT2D eigenvalue weighted by atomic mass is 9.90. The van der Waals surface area contributed by atoms with Gasteiger partial charge in [-0.05, 0) is 39.3 Å². The van der Waals surface area contributed by atoms with E-state index in [1.807, 2.05) is 11.9 Å². The molecule has 1 aromatic rings. The number of rotatable bonds is 2. The Hall–Kier alpha value is -1.49. The van der Waals surface area contributed by atoms with Crippen LogP contribution in [0.15, 0.2) is 18.6 Å². The number of likely N-dealkylation sites (tertiary alicyclic amines) is 2. The molecular formula is C14H20N4O. The van der Waals surface area contributed by atoms with Crippen molar-refractivity contribution in [2.24, 2.45) is 0 Å². The van der Waals surface area contributed by atoms with Crippen LogP contribution < -0.4 is 0 Å². The van der Waals surface area contributed by atoms with Crippen molar-refractivity contribution in [1.82, 2.24) is 19.8 Å². The minimum absolute atomic E-state index is 0.213. The molecule has 1 unspecified atom stereocenters. The monoisotopic (exact) mass is 260 g/mol. The lowest BCUT2D eigenvalue weighted by molar-refractivity contribution is -0.142. The molecule has 0 bridgehead atoms. The molecular weight excluding hydrogens is 240 g/mol. The van der Waals surface area contributed by atoms with Gasteiger partial charge in [0.15, 0.2) is 0 Å². The van der Waals surface area contributed by atoms with E-state index in [0.717, 1.165) is 51.0 Å². The highest BCUT2D eigenvalue weighted by molar-refractivity contribution is 5.87. The molecule has 0 saturated carbocycles. The van der Waals surface area contributed by atoms with Crippen LogP contribution in [-0.2, 0) is 10.3 Å². The lowest BCUT2D eigenvalue weighted by Crippen LogP contribution is -2.52. The van der Waals surface area contributed by atoms with Gasteiger partial charge < -0.3 is 4.90 Å². The van der Waals surface area contributed by atoms with E-state index in [1.165, 1.54) is 0 Å². The summed E-state index contributed by atoms with van der Waals surface area (Å²) >= 11 is 0. The largest absolute Gasteiger partial charge is 0.341 e. The summed E-state index contributed by atoms with van der Waals surface area (Å²) in [5, 5.41) is 0. The zero-order valence-corrected chi connectivity index (χ0v) is 11.4. The van der Waals surface area contributed by atoms with Crippen molar-refractivity contribution in [3.05, 3.63) is 24.3 Å². The molecule has 3 rings (SSSR count). The first-order valence-corrected chi connectivity index (χ1v) is 7.02. The number of hydrogen-bond donors (Lipinski definition) is 0. The molecule has 19 heavy (non-hydrogen) atoms. The Morgan fingerprint density at radius 1 is 1.21 bits per heavy atom. The second-order valence-electron chi connectivity index (χ2n) is 5.48. The molecule has 0 radical (unpaired) electrons. The van der Waals surface area contributed by atoms with Gasteiger partial charge in [-0.25, -0.2) is 0 Å². The zero-order chi connectivity index (χ0) is 13.3. The number of carbonyl (C=O) groups excluding carboxylic acids is 1. The van der Waals surface area contributed by atoms with Crippen molar-refractivity contribution >= 4 is 5.91 Å². The molecule has 0 N–H and O–H groups in total. The summed E-state index contributed by atoms with van der Waals surface area (Å²) in [7, 11) is 2.02. The van der Waals surface area contributed by atoms with Crippen LogP contribution in [0, 0.1) is 0 Å². The molecule has 2 fully saturated rings. The van der Waals surface area contributed by atoms with Crippen molar-refractivity contribution in [2.45, 2.75) is 31.2 Å². The Morgan fingerprint density at radius 2 is 2.00 bits per heavy atom. The summed E-state index contributed by atoms with van der Waals surface area (Å²) in [4.78, 5) is 25.7. The van der Waals surface area contributed by atoms with E-state index in [2.05, 4.69) is 14.9 Å². The van der Waals surface area contributed by atoms with Gasteiger partial charge in [0.1, 0.15) is 5.54 Å². The first-order valence-electron chi connectivity index (χ1n) is 7.02. The number of hydrogen-bond acceptors (Lipinski definition) is 4. The molecule has 1 aromatic heterocycles. The topological polar surface area (TPSA) is 49.3 Å². The number of amides is 1. The molecule has 102 valence electrons. The Balaban J connectivity index is 2.00. The van der Waals surface area contributed by atoms with Gasteiger partial charge in [-0.2, -0.15) is 0 Å². The Bertz CT molecular complexity index is 458. The highest BCUT2D eigenvalue weighted by Gasteiger charge is 2.50. The fourth-order valence-electron chi connectivity index (χ4n) is 3.35. The van der Waals surface area contributed by atoms with Crippen LogP contribution in [0.3, 0.4) is 0 Å². The predicted molar refractivity (Wildman–Crippen MR) is 71.4 cm³/mol. The van der Waals surface area contributed by atoms with Gasteiger partial charge in [-0.3, -0.25) is 19.7 Å². The minimum atomic E-state index is -0.585. The van der Waals surface area contributed by atoms with Crippen molar-refractivity contribution in [2.75, 3.05) is 26.7 Å². The molecule has 0 aliphatic carbocycles. The number of nitrogens with zero attached hydrogens (tertiary/aromatic N) is 4. The van der Waals surface area contributed by atoms with Gasteiger partial charge in [0, 0.05) is 25.5 Å². The fourth-order valence-corrected chi connectivity index (χ4v) is 3.35. The molecule has 2 aliphatic rings. The van der Waals surface area contributed by atoms with E-state index in [9.17, 15) is 4.79 Å².